The Morgan fingerprint density at radius 2 is 1.68 bits per heavy atom. The van der Waals surface area contributed by atoms with Gasteiger partial charge < -0.3 is 19.6 Å². The number of aliphatic hydroxyl groups is 1. The van der Waals surface area contributed by atoms with E-state index in [9.17, 15) is 14.7 Å². The molecular formula is C27H33ClN2O4. The van der Waals surface area contributed by atoms with Crippen LogP contribution in [0, 0.1) is 0 Å². The van der Waals surface area contributed by atoms with Gasteiger partial charge in [0.25, 0.3) is 11.7 Å². The van der Waals surface area contributed by atoms with Gasteiger partial charge in [0, 0.05) is 17.1 Å². The molecule has 2 aromatic rings. The van der Waals surface area contributed by atoms with Gasteiger partial charge >= 0.3 is 0 Å². The lowest BCUT2D eigenvalue weighted by Gasteiger charge is -2.27. The summed E-state index contributed by atoms with van der Waals surface area (Å²) < 4.78 is 5.69. The van der Waals surface area contributed by atoms with Gasteiger partial charge in [-0.2, -0.15) is 0 Å². The first-order valence-corrected chi connectivity index (χ1v) is 12.3. The molecule has 0 spiro atoms. The van der Waals surface area contributed by atoms with Crippen LogP contribution in [0.4, 0.5) is 0 Å². The standard InChI is InChI=1S/C27H33ClN2O4/c1-4-18-34-22-14-10-19(11-15-22)24-23(25(31)20-8-12-21(28)13-9-20)26(32)27(33)30(24)17-7-16-29(5-2)6-3/h8-15,24,31H,4-7,16-18H2,1-3H3/t24-/m1/s1. The summed E-state index contributed by atoms with van der Waals surface area (Å²) in [5.41, 5.74) is 1.29. The van der Waals surface area contributed by atoms with Crippen LogP contribution in [0.15, 0.2) is 54.1 Å². The summed E-state index contributed by atoms with van der Waals surface area (Å²) in [6, 6.07) is 13.3. The van der Waals surface area contributed by atoms with Crippen LogP contribution in [0.3, 0.4) is 0 Å². The van der Waals surface area contributed by atoms with Crippen molar-refractivity contribution in [3.05, 3.63) is 70.3 Å². The summed E-state index contributed by atoms with van der Waals surface area (Å²) in [5.74, 6) is -0.739. The molecule has 2 aromatic carbocycles. The number of halogens is 1. The van der Waals surface area contributed by atoms with E-state index in [4.69, 9.17) is 16.3 Å². The molecule has 1 aliphatic heterocycles. The van der Waals surface area contributed by atoms with E-state index >= 15 is 0 Å². The summed E-state index contributed by atoms with van der Waals surface area (Å²) in [6.45, 7) is 9.94. The molecule has 6 nitrogen and oxygen atoms in total. The highest BCUT2D eigenvalue weighted by molar-refractivity contribution is 6.46. The zero-order valence-electron chi connectivity index (χ0n) is 20.1. The molecule has 0 unspecified atom stereocenters. The highest BCUT2D eigenvalue weighted by atomic mass is 35.5. The number of hydrogen-bond acceptors (Lipinski definition) is 5. The third kappa shape index (κ3) is 5.80. The molecule has 7 heteroatoms. The number of aliphatic hydroxyl groups excluding tert-OH is 1. The minimum absolute atomic E-state index is 0.0948. The van der Waals surface area contributed by atoms with Crippen molar-refractivity contribution in [1.29, 1.82) is 0 Å². The third-order valence-electron chi connectivity index (χ3n) is 6.09. The normalized spacial score (nSPS) is 17.6. The Labute approximate surface area is 206 Å². The number of ether oxygens (including phenoxy) is 1. The van der Waals surface area contributed by atoms with Crippen LogP contribution < -0.4 is 4.74 Å². The minimum Gasteiger partial charge on any atom is -0.507 e. The zero-order chi connectivity index (χ0) is 24.7. The summed E-state index contributed by atoms with van der Waals surface area (Å²) in [6.07, 6.45) is 1.62. The minimum atomic E-state index is -0.674. The Morgan fingerprint density at radius 1 is 1.03 bits per heavy atom. The fourth-order valence-electron chi connectivity index (χ4n) is 4.19. The third-order valence-corrected chi connectivity index (χ3v) is 6.35. The molecule has 3 rings (SSSR count). The Balaban J connectivity index is 1.99. The number of carbonyl (C=O) groups is 2. The van der Waals surface area contributed by atoms with Gasteiger partial charge in [0.05, 0.1) is 18.2 Å². The molecule has 1 heterocycles. The van der Waals surface area contributed by atoms with Crippen LogP contribution in [-0.4, -0.2) is 59.4 Å². The highest BCUT2D eigenvalue weighted by Crippen LogP contribution is 2.40. The van der Waals surface area contributed by atoms with Crippen molar-refractivity contribution in [2.75, 3.05) is 32.8 Å². The molecule has 0 radical (unpaired) electrons. The molecule has 1 atom stereocenters. The van der Waals surface area contributed by atoms with Crippen molar-refractivity contribution in [2.24, 2.45) is 0 Å². The van der Waals surface area contributed by atoms with E-state index in [-0.39, 0.29) is 11.3 Å². The predicted octanol–water partition coefficient (Wildman–Crippen LogP) is 5.28. The molecule has 182 valence electrons. The van der Waals surface area contributed by atoms with Crippen molar-refractivity contribution in [2.45, 2.75) is 39.7 Å². The Bertz CT molecular complexity index is 1010. The molecule has 1 saturated heterocycles. The molecule has 1 aliphatic rings. The van der Waals surface area contributed by atoms with Crippen molar-refractivity contribution < 1.29 is 19.4 Å². The molecule has 0 saturated carbocycles. The second kappa shape index (κ2) is 12.0. The number of hydrogen-bond donors (Lipinski definition) is 1. The van der Waals surface area contributed by atoms with Gasteiger partial charge in [-0.15, -0.1) is 0 Å². The predicted molar refractivity (Wildman–Crippen MR) is 135 cm³/mol. The number of benzene rings is 2. The van der Waals surface area contributed by atoms with E-state index in [2.05, 4.69) is 18.7 Å². The van der Waals surface area contributed by atoms with Crippen LogP contribution in [0.1, 0.15) is 50.8 Å². The average Bonchev–Trinajstić information content (AvgIpc) is 3.10. The van der Waals surface area contributed by atoms with Gasteiger partial charge in [0.2, 0.25) is 0 Å². The fraction of sp³-hybridized carbons (Fsp3) is 0.407. The lowest BCUT2D eigenvalue weighted by atomic mass is 9.95. The second-order valence-electron chi connectivity index (χ2n) is 8.30. The molecule has 1 fully saturated rings. The summed E-state index contributed by atoms with van der Waals surface area (Å²) in [4.78, 5) is 30.1. The van der Waals surface area contributed by atoms with Gasteiger partial charge in [0.1, 0.15) is 11.5 Å². The largest absolute Gasteiger partial charge is 0.507 e. The quantitative estimate of drug-likeness (QED) is 0.267. The van der Waals surface area contributed by atoms with Gasteiger partial charge in [-0.1, -0.05) is 44.5 Å². The Hall–Kier alpha value is -2.83. The second-order valence-corrected chi connectivity index (χ2v) is 8.73. The summed E-state index contributed by atoms with van der Waals surface area (Å²) in [7, 11) is 0. The molecule has 0 aromatic heterocycles. The summed E-state index contributed by atoms with van der Waals surface area (Å²) >= 11 is 5.99. The number of Topliss-reactive ketones (excluding diaryl/α,β-unsaturated/α-hetero) is 1. The Morgan fingerprint density at radius 3 is 2.26 bits per heavy atom. The highest BCUT2D eigenvalue weighted by Gasteiger charge is 2.45. The van der Waals surface area contributed by atoms with Crippen LogP contribution in [0.25, 0.3) is 5.76 Å². The maximum Gasteiger partial charge on any atom is 0.295 e. The van der Waals surface area contributed by atoms with Crippen LogP contribution in [0.2, 0.25) is 5.02 Å². The average molecular weight is 485 g/mol. The van der Waals surface area contributed by atoms with E-state index in [0.717, 1.165) is 43.8 Å². The zero-order valence-corrected chi connectivity index (χ0v) is 20.8. The number of amides is 1. The number of carbonyl (C=O) groups excluding carboxylic acids is 2. The fourth-order valence-corrected chi connectivity index (χ4v) is 4.32. The van der Waals surface area contributed by atoms with Crippen molar-refractivity contribution >= 4 is 29.1 Å². The van der Waals surface area contributed by atoms with Gasteiger partial charge in [-0.25, -0.2) is 0 Å². The molecular weight excluding hydrogens is 452 g/mol. The van der Waals surface area contributed by atoms with Crippen molar-refractivity contribution in [3.63, 3.8) is 0 Å². The monoisotopic (exact) mass is 484 g/mol. The van der Waals surface area contributed by atoms with E-state index in [1.165, 1.54) is 0 Å². The first-order chi connectivity index (χ1) is 16.4. The van der Waals surface area contributed by atoms with Crippen LogP contribution in [0.5, 0.6) is 5.75 Å². The van der Waals surface area contributed by atoms with Gasteiger partial charge in [0.15, 0.2) is 0 Å². The smallest absolute Gasteiger partial charge is 0.295 e. The van der Waals surface area contributed by atoms with E-state index in [0.29, 0.717) is 23.7 Å². The number of rotatable bonds is 11. The van der Waals surface area contributed by atoms with Crippen LogP contribution >= 0.6 is 11.6 Å². The Kier molecular flexibility index (Phi) is 9.13. The lowest BCUT2D eigenvalue weighted by molar-refractivity contribution is -0.140. The first kappa shape index (κ1) is 25.8. The lowest BCUT2D eigenvalue weighted by Crippen LogP contribution is -2.33. The van der Waals surface area contributed by atoms with Crippen molar-refractivity contribution in [1.82, 2.24) is 9.80 Å². The molecule has 0 bridgehead atoms. The SMILES string of the molecule is CCCOc1ccc([C@@H]2C(=C(O)c3ccc(Cl)cc3)C(=O)C(=O)N2CCCN(CC)CC)cc1. The topological polar surface area (TPSA) is 70.1 Å². The van der Waals surface area contributed by atoms with E-state index < -0.39 is 17.7 Å². The van der Waals surface area contributed by atoms with Gasteiger partial charge in [-0.05, 0) is 74.4 Å². The molecule has 1 N–H and O–H groups in total. The summed E-state index contributed by atoms with van der Waals surface area (Å²) in [5, 5.41) is 11.6. The van der Waals surface area contributed by atoms with Crippen LogP contribution in [-0.2, 0) is 9.59 Å². The van der Waals surface area contributed by atoms with E-state index in [1.54, 1.807) is 29.2 Å². The van der Waals surface area contributed by atoms with E-state index in [1.807, 2.05) is 31.2 Å². The maximum absolute atomic E-state index is 13.1. The van der Waals surface area contributed by atoms with Crippen molar-refractivity contribution in [3.8, 4) is 5.75 Å². The number of nitrogens with zero attached hydrogens (tertiary/aromatic N) is 2. The van der Waals surface area contributed by atoms with Gasteiger partial charge in [-0.3, -0.25) is 9.59 Å². The number of ketones is 1. The molecule has 1 amide bonds. The maximum atomic E-state index is 13.1. The molecule has 34 heavy (non-hydrogen) atoms. The first-order valence-electron chi connectivity index (χ1n) is 11.9. The number of likely N-dealkylation sites (tertiary alicyclic amines) is 1. The molecule has 0 aliphatic carbocycles.